The molecule has 2 heterocycles. The van der Waals surface area contributed by atoms with Gasteiger partial charge < -0.3 is 0 Å². The van der Waals surface area contributed by atoms with Crippen molar-refractivity contribution in [3.8, 4) is 0 Å². The van der Waals surface area contributed by atoms with E-state index >= 15 is 0 Å². The van der Waals surface area contributed by atoms with E-state index in [1.807, 2.05) is 6.07 Å². The van der Waals surface area contributed by atoms with Gasteiger partial charge in [-0.2, -0.15) is 4.31 Å². The second-order valence-electron chi connectivity index (χ2n) is 5.59. The number of thiophene rings is 1. The Morgan fingerprint density at radius 1 is 1.17 bits per heavy atom. The molecular weight excluding hydrogens is 401 g/mol. The number of nitrogens with zero attached hydrogens (tertiary/aromatic N) is 1. The zero-order valence-electron chi connectivity index (χ0n) is 12.4. The van der Waals surface area contributed by atoms with Crippen molar-refractivity contribution in [3.63, 3.8) is 0 Å². The Bertz CT molecular complexity index is 791. The molecule has 0 bridgehead atoms. The van der Waals surface area contributed by atoms with Crippen molar-refractivity contribution in [2.75, 3.05) is 6.54 Å². The number of benzene rings is 1. The summed E-state index contributed by atoms with van der Waals surface area (Å²) in [6.45, 7) is 0.471. The third kappa shape index (κ3) is 3.68. The van der Waals surface area contributed by atoms with Crippen molar-refractivity contribution in [1.82, 2.24) is 4.31 Å². The summed E-state index contributed by atoms with van der Waals surface area (Å²) in [7, 11) is -3.58. The summed E-state index contributed by atoms with van der Waals surface area (Å²) in [5.41, 5.74) is 0.728. The van der Waals surface area contributed by atoms with Crippen LogP contribution in [0, 0.1) is 5.82 Å². The van der Waals surface area contributed by atoms with Gasteiger partial charge >= 0.3 is 0 Å². The van der Waals surface area contributed by atoms with Crippen LogP contribution in [0.15, 0.2) is 44.4 Å². The van der Waals surface area contributed by atoms with Crippen LogP contribution in [0.3, 0.4) is 0 Å². The van der Waals surface area contributed by atoms with Crippen LogP contribution in [-0.4, -0.2) is 19.3 Å². The van der Waals surface area contributed by atoms with Crippen molar-refractivity contribution in [3.05, 3.63) is 51.6 Å². The van der Waals surface area contributed by atoms with Crippen LogP contribution in [0.2, 0.25) is 0 Å². The molecule has 0 unspecified atom stereocenters. The Morgan fingerprint density at radius 3 is 2.70 bits per heavy atom. The van der Waals surface area contributed by atoms with Gasteiger partial charge in [-0.1, -0.05) is 25.0 Å². The first-order chi connectivity index (χ1) is 11.0. The van der Waals surface area contributed by atoms with E-state index in [-0.39, 0.29) is 11.9 Å². The Morgan fingerprint density at radius 2 is 2.00 bits per heavy atom. The molecule has 23 heavy (non-hydrogen) atoms. The second kappa shape index (κ2) is 7.01. The fourth-order valence-corrected chi connectivity index (χ4v) is 6.79. The van der Waals surface area contributed by atoms with Crippen molar-refractivity contribution < 1.29 is 12.8 Å². The molecule has 0 saturated carbocycles. The average molecular weight is 418 g/mol. The Kier molecular flexibility index (Phi) is 5.20. The number of hydrogen-bond donors (Lipinski definition) is 0. The Hall–Kier alpha value is -0.760. The zero-order chi connectivity index (χ0) is 16.4. The lowest BCUT2D eigenvalue weighted by Crippen LogP contribution is -2.34. The van der Waals surface area contributed by atoms with Crippen LogP contribution < -0.4 is 0 Å². The van der Waals surface area contributed by atoms with Gasteiger partial charge in [-0.15, -0.1) is 11.3 Å². The van der Waals surface area contributed by atoms with Crippen molar-refractivity contribution in [2.24, 2.45) is 0 Å². The van der Waals surface area contributed by atoms with Gasteiger partial charge in [0.15, 0.2) is 0 Å². The highest BCUT2D eigenvalue weighted by atomic mass is 79.9. The molecule has 3 rings (SSSR count). The molecule has 0 radical (unpaired) electrons. The maximum Gasteiger partial charge on any atom is 0.253 e. The van der Waals surface area contributed by atoms with E-state index < -0.39 is 10.0 Å². The smallest absolute Gasteiger partial charge is 0.207 e. The van der Waals surface area contributed by atoms with Crippen LogP contribution in [0.5, 0.6) is 0 Å². The molecule has 1 aromatic carbocycles. The molecule has 1 atom stereocenters. The van der Waals surface area contributed by atoms with Gasteiger partial charge in [0, 0.05) is 6.54 Å². The summed E-state index contributed by atoms with van der Waals surface area (Å²) >= 11 is 4.53. The molecule has 1 aliphatic rings. The first-order valence-electron chi connectivity index (χ1n) is 7.51. The number of halogens is 2. The predicted molar refractivity (Wildman–Crippen MR) is 93.5 cm³/mol. The first kappa shape index (κ1) is 17.1. The number of rotatable bonds is 3. The third-order valence-corrected chi connectivity index (χ3v) is 8.05. The van der Waals surface area contributed by atoms with Gasteiger partial charge in [0.25, 0.3) is 10.0 Å². The number of hydrogen-bond acceptors (Lipinski definition) is 3. The van der Waals surface area contributed by atoms with Crippen molar-refractivity contribution in [2.45, 2.75) is 35.9 Å². The van der Waals surface area contributed by atoms with Crippen LogP contribution in [0.25, 0.3) is 0 Å². The van der Waals surface area contributed by atoms with E-state index in [9.17, 15) is 12.8 Å². The van der Waals surface area contributed by atoms with E-state index in [0.29, 0.717) is 10.8 Å². The minimum Gasteiger partial charge on any atom is -0.207 e. The highest BCUT2D eigenvalue weighted by Gasteiger charge is 2.34. The standard InChI is InChI=1S/C16H17BrFNO2S2/c17-15-8-9-16(22-15)23(20,21)19-10-3-1-2-7-14(19)12-5-4-6-13(18)11-12/h4-6,8-9,11,14H,1-3,7,10H2/t14-/m1/s1. The van der Waals surface area contributed by atoms with E-state index in [4.69, 9.17) is 0 Å². The fourth-order valence-electron chi connectivity index (χ4n) is 2.97. The summed E-state index contributed by atoms with van der Waals surface area (Å²) in [5.74, 6) is -0.331. The lowest BCUT2D eigenvalue weighted by Gasteiger charge is -2.29. The van der Waals surface area contributed by atoms with Gasteiger partial charge in [0.05, 0.1) is 9.83 Å². The van der Waals surface area contributed by atoms with Crippen LogP contribution in [0.1, 0.15) is 37.3 Å². The molecule has 7 heteroatoms. The summed E-state index contributed by atoms with van der Waals surface area (Å²) in [5, 5.41) is 0. The van der Waals surface area contributed by atoms with Gasteiger partial charge in [-0.05, 0) is 58.6 Å². The molecule has 1 aromatic heterocycles. The highest BCUT2D eigenvalue weighted by molar-refractivity contribution is 9.11. The van der Waals surface area contributed by atoms with Crippen LogP contribution in [-0.2, 0) is 10.0 Å². The maximum atomic E-state index is 13.6. The molecule has 2 aromatic rings. The molecular formula is C16H17BrFNO2S2. The lowest BCUT2D eigenvalue weighted by atomic mass is 10.0. The van der Waals surface area contributed by atoms with E-state index in [1.165, 1.54) is 23.5 Å². The minimum atomic E-state index is -3.58. The summed E-state index contributed by atoms with van der Waals surface area (Å²) in [6, 6.07) is 9.34. The molecule has 124 valence electrons. The topological polar surface area (TPSA) is 37.4 Å². The molecule has 1 aliphatic heterocycles. The van der Waals surface area contributed by atoms with E-state index in [2.05, 4.69) is 15.9 Å². The fraction of sp³-hybridized carbons (Fsp3) is 0.375. The Labute approximate surface area is 148 Å². The first-order valence-corrected chi connectivity index (χ1v) is 10.6. The van der Waals surface area contributed by atoms with E-state index in [1.54, 1.807) is 22.5 Å². The minimum absolute atomic E-state index is 0.306. The molecule has 0 amide bonds. The van der Waals surface area contributed by atoms with Gasteiger partial charge in [0.2, 0.25) is 0 Å². The molecule has 0 spiro atoms. The van der Waals surface area contributed by atoms with E-state index in [0.717, 1.165) is 35.0 Å². The summed E-state index contributed by atoms with van der Waals surface area (Å²) in [6.07, 6.45) is 3.49. The van der Waals surface area contributed by atoms with Gasteiger partial charge in [-0.3, -0.25) is 0 Å². The highest BCUT2D eigenvalue weighted by Crippen LogP contribution is 2.37. The maximum absolute atomic E-state index is 13.6. The van der Waals surface area contributed by atoms with Crippen molar-refractivity contribution >= 4 is 37.3 Å². The summed E-state index contributed by atoms with van der Waals surface area (Å²) < 4.78 is 42.3. The molecule has 0 N–H and O–H groups in total. The monoisotopic (exact) mass is 417 g/mol. The largest absolute Gasteiger partial charge is 0.253 e. The Balaban J connectivity index is 2.02. The lowest BCUT2D eigenvalue weighted by molar-refractivity contribution is 0.329. The molecule has 1 saturated heterocycles. The molecule has 1 fully saturated rings. The SMILES string of the molecule is O=S(=O)(c1ccc(Br)s1)N1CCCCC[C@@H]1c1cccc(F)c1. The van der Waals surface area contributed by atoms with Gasteiger partial charge in [-0.25, -0.2) is 12.8 Å². The van der Waals surface area contributed by atoms with Crippen LogP contribution >= 0.6 is 27.3 Å². The quantitative estimate of drug-likeness (QED) is 0.707. The third-order valence-electron chi connectivity index (χ3n) is 4.05. The molecule has 3 nitrogen and oxygen atoms in total. The number of sulfonamides is 1. The van der Waals surface area contributed by atoms with Crippen LogP contribution in [0.4, 0.5) is 4.39 Å². The average Bonchev–Trinajstić information content (AvgIpc) is 2.81. The zero-order valence-corrected chi connectivity index (χ0v) is 15.6. The summed E-state index contributed by atoms with van der Waals surface area (Å²) in [4.78, 5) is 0. The predicted octanol–water partition coefficient (Wildman–Crippen LogP) is 4.96. The second-order valence-corrected chi connectivity index (χ2v) is 10.2. The van der Waals surface area contributed by atoms with Gasteiger partial charge in [0.1, 0.15) is 10.0 Å². The normalized spacial score (nSPS) is 20.3. The van der Waals surface area contributed by atoms with Crippen molar-refractivity contribution in [1.29, 1.82) is 0 Å². The molecule has 0 aliphatic carbocycles.